The number of nitrogen functional groups attached to an aromatic ring is 1. The zero-order valence-corrected chi connectivity index (χ0v) is 7.74. The van der Waals surface area contributed by atoms with Crippen molar-refractivity contribution >= 4 is 5.69 Å². The van der Waals surface area contributed by atoms with E-state index in [2.05, 4.69) is 4.98 Å². The van der Waals surface area contributed by atoms with E-state index in [1.165, 1.54) is 24.5 Å². The second kappa shape index (κ2) is 3.65. The van der Waals surface area contributed by atoms with Crippen LogP contribution in [0.15, 0.2) is 36.7 Å². The van der Waals surface area contributed by atoms with Crippen molar-refractivity contribution in [1.29, 1.82) is 0 Å². The number of nitrogens with two attached hydrogens (primary N) is 1. The largest absolute Gasteiger partial charge is 0.399 e. The summed E-state index contributed by atoms with van der Waals surface area (Å²) in [7, 11) is 0. The minimum atomic E-state index is -0.668. The minimum absolute atomic E-state index is 0.0720. The van der Waals surface area contributed by atoms with Crippen LogP contribution >= 0.6 is 0 Å². The van der Waals surface area contributed by atoms with Gasteiger partial charge in [0.15, 0.2) is 0 Å². The van der Waals surface area contributed by atoms with Crippen LogP contribution in [0.4, 0.5) is 14.5 Å². The van der Waals surface area contributed by atoms with Crippen LogP contribution in [0.25, 0.3) is 11.1 Å². The van der Waals surface area contributed by atoms with Gasteiger partial charge in [0.05, 0.1) is 5.56 Å². The molecule has 2 nitrogen and oxygen atoms in total. The van der Waals surface area contributed by atoms with Crippen molar-refractivity contribution in [3.05, 3.63) is 48.3 Å². The van der Waals surface area contributed by atoms with Crippen molar-refractivity contribution in [2.45, 2.75) is 0 Å². The molecule has 0 saturated heterocycles. The first-order valence-corrected chi connectivity index (χ1v) is 4.33. The first-order chi connectivity index (χ1) is 7.18. The van der Waals surface area contributed by atoms with Crippen molar-refractivity contribution in [2.75, 3.05) is 5.73 Å². The Balaban J connectivity index is 2.64. The standard InChI is InChI=1S/C11H8F2N2/c12-9-5-8(14)6-10(13)11(9)7-1-3-15-4-2-7/h1-6H,14H2. The number of hydrogen-bond acceptors (Lipinski definition) is 2. The Bertz CT molecular complexity index is 460. The fraction of sp³-hybridized carbons (Fsp3) is 0. The van der Waals surface area contributed by atoms with Gasteiger partial charge in [-0.25, -0.2) is 8.78 Å². The summed E-state index contributed by atoms with van der Waals surface area (Å²) in [5.74, 6) is -1.34. The Labute approximate surface area is 85.4 Å². The third kappa shape index (κ3) is 1.79. The summed E-state index contributed by atoms with van der Waals surface area (Å²) in [6.07, 6.45) is 2.95. The fourth-order valence-corrected chi connectivity index (χ4v) is 1.39. The molecule has 1 aromatic carbocycles. The lowest BCUT2D eigenvalue weighted by atomic mass is 10.1. The molecule has 0 aliphatic rings. The van der Waals surface area contributed by atoms with Gasteiger partial charge in [0, 0.05) is 18.1 Å². The number of pyridine rings is 1. The predicted octanol–water partition coefficient (Wildman–Crippen LogP) is 2.61. The number of hydrogen-bond donors (Lipinski definition) is 1. The molecule has 0 bridgehead atoms. The lowest BCUT2D eigenvalue weighted by molar-refractivity contribution is 0.591. The number of anilines is 1. The van der Waals surface area contributed by atoms with Gasteiger partial charge < -0.3 is 5.73 Å². The van der Waals surface area contributed by atoms with Gasteiger partial charge in [0.25, 0.3) is 0 Å². The molecule has 15 heavy (non-hydrogen) atoms. The molecule has 1 aromatic heterocycles. The SMILES string of the molecule is Nc1cc(F)c(-c2ccncc2)c(F)c1. The van der Waals surface area contributed by atoms with E-state index in [0.29, 0.717) is 5.56 Å². The van der Waals surface area contributed by atoms with E-state index < -0.39 is 11.6 Å². The Morgan fingerprint density at radius 1 is 1.00 bits per heavy atom. The predicted molar refractivity (Wildman–Crippen MR) is 54.0 cm³/mol. The third-order valence-corrected chi connectivity index (χ3v) is 2.03. The molecule has 2 rings (SSSR count). The Kier molecular flexibility index (Phi) is 2.33. The molecule has 1 heterocycles. The molecule has 0 amide bonds. The summed E-state index contributed by atoms with van der Waals surface area (Å²) in [5, 5.41) is 0. The molecule has 0 saturated carbocycles. The van der Waals surface area contributed by atoms with Gasteiger partial charge in [0.2, 0.25) is 0 Å². The average Bonchev–Trinajstić information content (AvgIpc) is 2.17. The van der Waals surface area contributed by atoms with Crippen molar-refractivity contribution in [1.82, 2.24) is 4.98 Å². The van der Waals surface area contributed by atoms with Gasteiger partial charge in [-0.15, -0.1) is 0 Å². The highest BCUT2D eigenvalue weighted by Crippen LogP contribution is 2.27. The lowest BCUT2D eigenvalue weighted by Gasteiger charge is -2.05. The van der Waals surface area contributed by atoms with E-state index in [0.717, 1.165) is 12.1 Å². The van der Waals surface area contributed by atoms with Crippen molar-refractivity contribution in [2.24, 2.45) is 0 Å². The highest BCUT2D eigenvalue weighted by atomic mass is 19.1. The second-order valence-electron chi connectivity index (χ2n) is 3.10. The first kappa shape index (κ1) is 9.58. The van der Waals surface area contributed by atoms with E-state index >= 15 is 0 Å². The van der Waals surface area contributed by atoms with Crippen LogP contribution in [0, 0.1) is 11.6 Å². The van der Waals surface area contributed by atoms with E-state index in [4.69, 9.17) is 5.73 Å². The summed E-state index contributed by atoms with van der Waals surface area (Å²) >= 11 is 0. The van der Waals surface area contributed by atoms with Crippen molar-refractivity contribution in [3.63, 3.8) is 0 Å². The molecule has 76 valence electrons. The fourth-order valence-electron chi connectivity index (χ4n) is 1.39. The summed E-state index contributed by atoms with van der Waals surface area (Å²) in [4.78, 5) is 3.78. The van der Waals surface area contributed by atoms with Crippen LogP contribution in [-0.2, 0) is 0 Å². The molecule has 2 N–H and O–H groups in total. The minimum Gasteiger partial charge on any atom is -0.399 e. The monoisotopic (exact) mass is 206 g/mol. The maximum absolute atomic E-state index is 13.5. The highest BCUT2D eigenvalue weighted by molar-refractivity contribution is 5.66. The van der Waals surface area contributed by atoms with Crippen LogP contribution in [0.2, 0.25) is 0 Å². The van der Waals surface area contributed by atoms with E-state index in [1.807, 2.05) is 0 Å². The zero-order chi connectivity index (χ0) is 10.8. The molecule has 2 aromatic rings. The molecular formula is C11H8F2N2. The summed E-state index contributed by atoms with van der Waals surface area (Å²) in [6.45, 7) is 0. The molecule has 0 aliphatic heterocycles. The number of rotatable bonds is 1. The maximum Gasteiger partial charge on any atom is 0.136 e. The molecule has 0 fully saturated rings. The molecule has 0 aliphatic carbocycles. The van der Waals surface area contributed by atoms with E-state index in [1.54, 1.807) is 0 Å². The summed E-state index contributed by atoms with van der Waals surface area (Å²) in [6, 6.07) is 5.27. The number of nitrogens with zero attached hydrogens (tertiary/aromatic N) is 1. The number of benzene rings is 1. The molecular weight excluding hydrogens is 198 g/mol. The summed E-state index contributed by atoms with van der Waals surface area (Å²) < 4.78 is 26.9. The molecule has 4 heteroatoms. The quantitative estimate of drug-likeness (QED) is 0.728. The Morgan fingerprint density at radius 3 is 2.07 bits per heavy atom. The van der Waals surface area contributed by atoms with Gasteiger partial charge in [-0.05, 0) is 29.8 Å². The molecule has 0 spiro atoms. The molecule has 0 atom stereocenters. The van der Waals surface area contributed by atoms with Crippen LogP contribution in [0.3, 0.4) is 0 Å². The zero-order valence-electron chi connectivity index (χ0n) is 7.74. The van der Waals surface area contributed by atoms with Crippen LogP contribution < -0.4 is 5.73 Å². The van der Waals surface area contributed by atoms with Crippen molar-refractivity contribution < 1.29 is 8.78 Å². The van der Waals surface area contributed by atoms with Crippen LogP contribution in [0.5, 0.6) is 0 Å². The topological polar surface area (TPSA) is 38.9 Å². The van der Waals surface area contributed by atoms with Crippen molar-refractivity contribution in [3.8, 4) is 11.1 Å². The normalized spacial score (nSPS) is 10.3. The van der Waals surface area contributed by atoms with Gasteiger partial charge in [0.1, 0.15) is 11.6 Å². The molecule has 0 unspecified atom stereocenters. The van der Waals surface area contributed by atoms with Gasteiger partial charge in [-0.2, -0.15) is 0 Å². The molecule has 0 radical (unpaired) electrons. The van der Waals surface area contributed by atoms with Crippen LogP contribution in [0.1, 0.15) is 0 Å². The van der Waals surface area contributed by atoms with E-state index in [-0.39, 0.29) is 11.3 Å². The number of aromatic nitrogens is 1. The highest BCUT2D eigenvalue weighted by Gasteiger charge is 2.11. The maximum atomic E-state index is 13.5. The van der Waals surface area contributed by atoms with Gasteiger partial charge in [-0.3, -0.25) is 4.98 Å². The first-order valence-electron chi connectivity index (χ1n) is 4.33. The lowest BCUT2D eigenvalue weighted by Crippen LogP contribution is -1.94. The smallest absolute Gasteiger partial charge is 0.136 e. The number of halogens is 2. The Hall–Kier alpha value is -1.97. The van der Waals surface area contributed by atoms with Crippen LogP contribution in [-0.4, -0.2) is 4.98 Å². The van der Waals surface area contributed by atoms with E-state index in [9.17, 15) is 8.78 Å². The summed E-state index contributed by atoms with van der Waals surface area (Å²) in [5.41, 5.74) is 5.75. The second-order valence-corrected chi connectivity index (χ2v) is 3.10. The Morgan fingerprint density at radius 2 is 1.53 bits per heavy atom. The average molecular weight is 206 g/mol. The third-order valence-electron chi connectivity index (χ3n) is 2.03. The van der Waals surface area contributed by atoms with Gasteiger partial charge in [-0.1, -0.05) is 0 Å². The van der Waals surface area contributed by atoms with Gasteiger partial charge >= 0.3 is 0 Å².